The highest BCUT2D eigenvalue weighted by atomic mass is 32.2. The van der Waals surface area contributed by atoms with Gasteiger partial charge in [-0.25, -0.2) is 12.8 Å². The predicted octanol–water partition coefficient (Wildman–Crippen LogP) is 0.667. The van der Waals surface area contributed by atoms with E-state index in [9.17, 15) is 22.4 Å². The molecule has 2 heterocycles. The Balaban J connectivity index is 1.51. The molecule has 0 saturated carbocycles. The number of hydrogen-bond acceptors (Lipinski definition) is 5. The van der Waals surface area contributed by atoms with E-state index in [0.717, 1.165) is 6.42 Å². The maximum atomic E-state index is 13.0. The van der Waals surface area contributed by atoms with E-state index >= 15 is 0 Å². The Morgan fingerprint density at radius 3 is 2.50 bits per heavy atom. The van der Waals surface area contributed by atoms with Crippen LogP contribution in [0.5, 0.6) is 0 Å². The zero-order valence-corrected chi connectivity index (χ0v) is 16.8. The number of hydrogen-bond donors (Lipinski definition) is 1. The molecule has 0 aromatic heterocycles. The highest BCUT2D eigenvalue weighted by Crippen LogP contribution is 2.22. The van der Waals surface area contributed by atoms with Crippen molar-refractivity contribution in [1.29, 1.82) is 0 Å². The van der Waals surface area contributed by atoms with Crippen molar-refractivity contribution in [1.82, 2.24) is 15.1 Å². The number of sulfone groups is 1. The van der Waals surface area contributed by atoms with Crippen LogP contribution < -0.4 is 5.32 Å². The monoisotopic (exact) mass is 411 g/mol. The summed E-state index contributed by atoms with van der Waals surface area (Å²) < 4.78 is 36.4. The normalized spacial score (nSPS) is 25.3. The van der Waals surface area contributed by atoms with Crippen molar-refractivity contribution in [3.8, 4) is 0 Å². The van der Waals surface area contributed by atoms with Gasteiger partial charge in [-0.05, 0) is 44.0 Å². The molecule has 2 aliphatic heterocycles. The Morgan fingerprint density at radius 2 is 1.86 bits per heavy atom. The molecule has 2 aliphatic rings. The Bertz CT molecular complexity index is 843. The van der Waals surface area contributed by atoms with Gasteiger partial charge in [-0.2, -0.15) is 0 Å². The number of carbonyl (C=O) groups excluding carboxylic acids is 2. The Hall–Kier alpha value is -2.00. The molecule has 1 aromatic rings. The number of nitrogens with zero attached hydrogens (tertiary/aromatic N) is 2. The van der Waals surface area contributed by atoms with Crippen molar-refractivity contribution in [2.24, 2.45) is 0 Å². The van der Waals surface area contributed by atoms with Crippen LogP contribution in [0.15, 0.2) is 24.3 Å². The fourth-order valence-corrected chi connectivity index (χ4v) is 5.89. The van der Waals surface area contributed by atoms with Crippen LogP contribution in [0.1, 0.15) is 30.1 Å². The summed E-state index contributed by atoms with van der Waals surface area (Å²) in [6.07, 6.45) is 1.16. The molecule has 3 rings (SSSR count). The number of nitrogens with one attached hydrogen (secondary N) is 1. The standard InChI is InChI=1S/C19H26FN3O4S/c1-19(7-12-28(26,27)14-19)21-17(24)13-22-8-2-9-23(11-10-22)18(25)15-3-5-16(20)6-4-15/h3-6H,2,7-14H2,1H3,(H,21,24)/t19-/m0/s1. The second-order valence-corrected chi connectivity index (χ2v) is 10.1. The fourth-order valence-electron chi connectivity index (χ4n) is 3.80. The zero-order valence-electron chi connectivity index (χ0n) is 16.0. The van der Waals surface area contributed by atoms with Gasteiger partial charge in [0.05, 0.1) is 23.6 Å². The third-order valence-electron chi connectivity index (χ3n) is 5.28. The van der Waals surface area contributed by atoms with Crippen LogP contribution in [0.3, 0.4) is 0 Å². The van der Waals surface area contributed by atoms with Crippen LogP contribution in [-0.2, 0) is 14.6 Å². The molecule has 0 aliphatic carbocycles. The summed E-state index contributed by atoms with van der Waals surface area (Å²) in [5.74, 6) is -0.638. The van der Waals surface area contributed by atoms with Crippen molar-refractivity contribution in [3.63, 3.8) is 0 Å². The summed E-state index contributed by atoms with van der Waals surface area (Å²) in [5, 5.41) is 2.87. The number of rotatable bonds is 4. The van der Waals surface area contributed by atoms with E-state index < -0.39 is 15.4 Å². The summed E-state index contributed by atoms with van der Waals surface area (Å²) in [5.41, 5.74) is -0.255. The second-order valence-electron chi connectivity index (χ2n) is 7.88. The predicted molar refractivity (Wildman–Crippen MR) is 103 cm³/mol. The zero-order chi connectivity index (χ0) is 20.4. The molecule has 9 heteroatoms. The molecule has 0 radical (unpaired) electrons. The molecule has 0 spiro atoms. The van der Waals surface area contributed by atoms with Crippen molar-refractivity contribution in [2.45, 2.75) is 25.3 Å². The lowest BCUT2D eigenvalue weighted by atomic mass is 10.0. The van der Waals surface area contributed by atoms with E-state index in [2.05, 4.69) is 5.32 Å². The highest BCUT2D eigenvalue weighted by Gasteiger charge is 2.39. The third-order valence-corrected chi connectivity index (χ3v) is 7.18. The number of halogens is 1. The average molecular weight is 411 g/mol. The van der Waals surface area contributed by atoms with Gasteiger partial charge >= 0.3 is 0 Å². The van der Waals surface area contributed by atoms with Gasteiger partial charge in [-0.3, -0.25) is 14.5 Å². The molecule has 1 aromatic carbocycles. The van der Waals surface area contributed by atoms with Gasteiger partial charge < -0.3 is 10.2 Å². The van der Waals surface area contributed by atoms with Gasteiger partial charge in [0.15, 0.2) is 9.84 Å². The minimum Gasteiger partial charge on any atom is -0.349 e. The lowest BCUT2D eigenvalue weighted by Crippen LogP contribution is -2.50. The van der Waals surface area contributed by atoms with E-state index in [1.54, 1.807) is 11.8 Å². The molecule has 2 fully saturated rings. The second kappa shape index (κ2) is 8.16. The van der Waals surface area contributed by atoms with Crippen molar-refractivity contribution in [2.75, 3.05) is 44.2 Å². The third kappa shape index (κ3) is 5.29. The fraction of sp³-hybridized carbons (Fsp3) is 0.579. The number of benzene rings is 1. The molecule has 0 bridgehead atoms. The largest absolute Gasteiger partial charge is 0.349 e. The minimum atomic E-state index is -3.08. The first-order valence-corrected chi connectivity index (χ1v) is 11.3. The molecular weight excluding hydrogens is 385 g/mol. The molecule has 7 nitrogen and oxygen atoms in total. The van der Waals surface area contributed by atoms with Gasteiger partial charge in [0.2, 0.25) is 5.91 Å². The lowest BCUT2D eigenvalue weighted by Gasteiger charge is -2.26. The molecule has 2 saturated heterocycles. The summed E-state index contributed by atoms with van der Waals surface area (Å²) in [6, 6.07) is 5.49. The van der Waals surface area contributed by atoms with Crippen molar-refractivity contribution < 1.29 is 22.4 Å². The summed E-state index contributed by atoms with van der Waals surface area (Å²) in [7, 11) is -3.08. The summed E-state index contributed by atoms with van der Waals surface area (Å²) in [4.78, 5) is 28.7. The van der Waals surface area contributed by atoms with Crippen LogP contribution in [0.25, 0.3) is 0 Å². The molecule has 1 atom stereocenters. The Kier molecular flexibility index (Phi) is 6.04. The first-order valence-electron chi connectivity index (χ1n) is 9.44. The quantitative estimate of drug-likeness (QED) is 0.787. The van der Waals surface area contributed by atoms with E-state index in [-0.39, 0.29) is 35.7 Å². The van der Waals surface area contributed by atoms with Crippen molar-refractivity contribution >= 4 is 21.7 Å². The smallest absolute Gasteiger partial charge is 0.253 e. The van der Waals surface area contributed by atoms with Crippen LogP contribution >= 0.6 is 0 Å². The van der Waals surface area contributed by atoms with Gasteiger partial charge in [-0.1, -0.05) is 0 Å². The first-order chi connectivity index (χ1) is 13.2. The Morgan fingerprint density at radius 1 is 1.14 bits per heavy atom. The molecule has 28 heavy (non-hydrogen) atoms. The molecule has 154 valence electrons. The van der Waals surface area contributed by atoms with Crippen LogP contribution in [0.2, 0.25) is 0 Å². The van der Waals surface area contributed by atoms with E-state index in [0.29, 0.717) is 38.2 Å². The molecule has 2 amide bonds. The minimum absolute atomic E-state index is 0.0221. The van der Waals surface area contributed by atoms with Gasteiger partial charge in [-0.15, -0.1) is 0 Å². The number of amides is 2. The highest BCUT2D eigenvalue weighted by molar-refractivity contribution is 7.91. The molecule has 1 N–H and O–H groups in total. The molecule has 0 unspecified atom stereocenters. The van der Waals surface area contributed by atoms with Gasteiger partial charge in [0.25, 0.3) is 5.91 Å². The van der Waals surface area contributed by atoms with Crippen LogP contribution in [0, 0.1) is 5.82 Å². The Labute approximate surface area is 164 Å². The van der Waals surface area contributed by atoms with Gasteiger partial charge in [0.1, 0.15) is 5.82 Å². The van der Waals surface area contributed by atoms with Gasteiger partial charge in [0, 0.05) is 31.7 Å². The summed E-state index contributed by atoms with van der Waals surface area (Å²) >= 11 is 0. The molecular formula is C19H26FN3O4S. The average Bonchev–Trinajstić information content (AvgIpc) is 2.78. The van der Waals surface area contributed by atoms with E-state index in [4.69, 9.17) is 0 Å². The van der Waals surface area contributed by atoms with Crippen molar-refractivity contribution in [3.05, 3.63) is 35.6 Å². The summed E-state index contributed by atoms with van der Waals surface area (Å²) in [6.45, 7) is 4.22. The van der Waals surface area contributed by atoms with Crippen LogP contribution in [0.4, 0.5) is 4.39 Å². The van der Waals surface area contributed by atoms with E-state index in [1.807, 2.05) is 4.90 Å². The maximum Gasteiger partial charge on any atom is 0.253 e. The number of carbonyl (C=O) groups is 2. The first kappa shape index (κ1) is 20.7. The SMILES string of the molecule is C[C@]1(NC(=O)CN2CCCN(C(=O)c3ccc(F)cc3)CC2)CCS(=O)(=O)C1. The lowest BCUT2D eigenvalue weighted by molar-refractivity contribution is -0.123. The van der Waals surface area contributed by atoms with E-state index in [1.165, 1.54) is 24.3 Å². The maximum absolute atomic E-state index is 13.0. The topological polar surface area (TPSA) is 86.8 Å². The van der Waals surface area contributed by atoms with Crippen LogP contribution in [-0.4, -0.2) is 79.8 Å².